The quantitative estimate of drug-likeness (QED) is 0.763. The third-order valence-electron chi connectivity index (χ3n) is 2.52. The van der Waals surface area contributed by atoms with Gasteiger partial charge in [-0.05, 0) is 18.2 Å². The van der Waals surface area contributed by atoms with Gasteiger partial charge in [-0.25, -0.2) is 0 Å². The largest absolute Gasteiger partial charge is 0.491 e. The second kappa shape index (κ2) is 6.83. The van der Waals surface area contributed by atoms with Crippen LogP contribution in [0.25, 0.3) is 0 Å². The smallest absolute Gasteiger partial charge is 0.122 e. The molecule has 2 rings (SSSR count). The molecular weight excluding hydrogens is 230 g/mol. The van der Waals surface area contributed by atoms with Crippen molar-refractivity contribution in [3.8, 4) is 5.75 Å². The maximum atomic E-state index is 5.53. The normalized spacial score (nSPS) is 10.5. The zero-order valence-corrected chi connectivity index (χ0v) is 10.2. The van der Waals surface area contributed by atoms with E-state index in [0.29, 0.717) is 26.4 Å². The Kier molecular flexibility index (Phi) is 4.81. The summed E-state index contributed by atoms with van der Waals surface area (Å²) in [5.74, 6) is 1.63. The van der Waals surface area contributed by atoms with E-state index in [1.165, 1.54) is 0 Å². The third-order valence-corrected chi connectivity index (χ3v) is 2.52. The Labute approximate surface area is 106 Å². The van der Waals surface area contributed by atoms with Crippen molar-refractivity contribution in [3.63, 3.8) is 0 Å². The van der Waals surface area contributed by atoms with Gasteiger partial charge in [-0.2, -0.15) is 0 Å². The van der Waals surface area contributed by atoms with Gasteiger partial charge in [-0.3, -0.25) is 0 Å². The van der Waals surface area contributed by atoms with Crippen molar-refractivity contribution in [2.75, 3.05) is 13.2 Å². The maximum Gasteiger partial charge on any atom is 0.122 e. The van der Waals surface area contributed by atoms with Crippen LogP contribution in [0.3, 0.4) is 0 Å². The van der Waals surface area contributed by atoms with Crippen LogP contribution in [-0.2, 0) is 17.9 Å². The minimum atomic E-state index is 0.395. The first kappa shape index (κ1) is 12.7. The van der Waals surface area contributed by atoms with Crippen LogP contribution in [0.5, 0.6) is 5.75 Å². The Morgan fingerprint density at radius 1 is 1.06 bits per heavy atom. The molecule has 1 aromatic carbocycles. The summed E-state index contributed by atoms with van der Waals surface area (Å²) in [6, 6.07) is 11.5. The van der Waals surface area contributed by atoms with Crippen molar-refractivity contribution < 1.29 is 13.9 Å². The summed E-state index contributed by atoms with van der Waals surface area (Å²) in [6.45, 7) is 1.96. The molecule has 0 aliphatic carbocycles. The Hall–Kier alpha value is -1.78. The monoisotopic (exact) mass is 247 g/mol. The van der Waals surface area contributed by atoms with Crippen LogP contribution >= 0.6 is 0 Å². The van der Waals surface area contributed by atoms with Crippen LogP contribution in [0.1, 0.15) is 11.3 Å². The molecule has 0 aliphatic heterocycles. The Bertz CT molecular complexity index is 453. The molecule has 0 spiro atoms. The van der Waals surface area contributed by atoms with Crippen molar-refractivity contribution in [2.45, 2.75) is 13.2 Å². The average molecular weight is 247 g/mol. The molecule has 4 nitrogen and oxygen atoms in total. The molecule has 4 heteroatoms. The SMILES string of the molecule is NCc1occc1COCCOc1ccccc1. The van der Waals surface area contributed by atoms with Crippen LogP contribution in [0.4, 0.5) is 0 Å². The van der Waals surface area contributed by atoms with E-state index in [1.54, 1.807) is 6.26 Å². The molecule has 0 unspecified atom stereocenters. The van der Waals surface area contributed by atoms with Crippen molar-refractivity contribution in [3.05, 3.63) is 54.0 Å². The highest BCUT2D eigenvalue weighted by Crippen LogP contribution is 2.11. The fourth-order valence-corrected chi connectivity index (χ4v) is 1.59. The lowest BCUT2D eigenvalue weighted by Crippen LogP contribution is -2.07. The molecule has 0 saturated carbocycles. The van der Waals surface area contributed by atoms with E-state index < -0.39 is 0 Å². The molecule has 0 saturated heterocycles. The van der Waals surface area contributed by atoms with Gasteiger partial charge in [-0.15, -0.1) is 0 Å². The summed E-state index contributed by atoms with van der Waals surface area (Å²) >= 11 is 0. The highest BCUT2D eigenvalue weighted by atomic mass is 16.5. The van der Waals surface area contributed by atoms with Gasteiger partial charge in [0.25, 0.3) is 0 Å². The molecule has 0 fully saturated rings. The van der Waals surface area contributed by atoms with E-state index in [4.69, 9.17) is 19.6 Å². The summed E-state index contributed by atoms with van der Waals surface area (Å²) in [5.41, 5.74) is 6.52. The molecule has 0 radical (unpaired) electrons. The van der Waals surface area contributed by atoms with Crippen LogP contribution in [0, 0.1) is 0 Å². The third kappa shape index (κ3) is 3.61. The van der Waals surface area contributed by atoms with E-state index >= 15 is 0 Å². The fourth-order valence-electron chi connectivity index (χ4n) is 1.59. The summed E-state index contributed by atoms with van der Waals surface area (Å²) in [4.78, 5) is 0. The number of nitrogens with two attached hydrogens (primary N) is 1. The maximum absolute atomic E-state index is 5.53. The Morgan fingerprint density at radius 2 is 1.89 bits per heavy atom. The van der Waals surface area contributed by atoms with E-state index in [-0.39, 0.29) is 0 Å². The van der Waals surface area contributed by atoms with Gasteiger partial charge in [0.15, 0.2) is 0 Å². The van der Waals surface area contributed by atoms with Crippen molar-refractivity contribution in [1.82, 2.24) is 0 Å². The summed E-state index contributed by atoms with van der Waals surface area (Å²) < 4.78 is 16.2. The zero-order chi connectivity index (χ0) is 12.6. The second-order valence-corrected chi connectivity index (χ2v) is 3.79. The van der Waals surface area contributed by atoms with E-state index in [9.17, 15) is 0 Å². The first-order chi connectivity index (χ1) is 8.90. The first-order valence-corrected chi connectivity index (χ1v) is 5.91. The topological polar surface area (TPSA) is 57.6 Å². The number of rotatable bonds is 7. The van der Waals surface area contributed by atoms with Crippen LogP contribution in [0.2, 0.25) is 0 Å². The van der Waals surface area contributed by atoms with Crippen molar-refractivity contribution in [1.29, 1.82) is 0 Å². The molecule has 0 atom stereocenters. The van der Waals surface area contributed by atoms with Gasteiger partial charge in [0, 0.05) is 5.56 Å². The van der Waals surface area contributed by atoms with Gasteiger partial charge < -0.3 is 19.6 Å². The molecule has 0 bridgehead atoms. The van der Waals surface area contributed by atoms with Gasteiger partial charge in [0.05, 0.1) is 26.0 Å². The number of para-hydroxylation sites is 1. The van der Waals surface area contributed by atoms with Crippen molar-refractivity contribution >= 4 is 0 Å². The minimum Gasteiger partial charge on any atom is -0.491 e. The first-order valence-electron chi connectivity index (χ1n) is 5.91. The highest BCUT2D eigenvalue weighted by Gasteiger charge is 2.03. The number of ether oxygens (including phenoxy) is 2. The van der Waals surface area contributed by atoms with E-state index in [2.05, 4.69) is 0 Å². The molecular formula is C14H17NO3. The van der Waals surface area contributed by atoms with E-state index in [0.717, 1.165) is 17.1 Å². The Morgan fingerprint density at radius 3 is 2.67 bits per heavy atom. The molecule has 2 N–H and O–H groups in total. The van der Waals surface area contributed by atoms with Gasteiger partial charge in [0.1, 0.15) is 18.1 Å². The molecule has 1 aromatic heterocycles. The lowest BCUT2D eigenvalue weighted by molar-refractivity contribution is 0.0880. The summed E-state index contributed by atoms with van der Waals surface area (Å²) in [7, 11) is 0. The fraction of sp³-hybridized carbons (Fsp3) is 0.286. The van der Waals surface area contributed by atoms with Crippen LogP contribution in [-0.4, -0.2) is 13.2 Å². The number of benzene rings is 1. The van der Waals surface area contributed by atoms with Crippen LogP contribution < -0.4 is 10.5 Å². The molecule has 2 aromatic rings. The second-order valence-electron chi connectivity index (χ2n) is 3.79. The average Bonchev–Trinajstić information content (AvgIpc) is 2.87. The highest BCUT2D eigenvalue weighted by molar-refractivity contribution is 5.20. The van der Waals surface area contributed by atoms with Crippen LogP contribution in [0.15, 0.2) is 47.1 Å². The summed E-state index contributed by atoms with van der Waals surface area (Å²) in [6.07, 6.45) is 1.63. The predicted molar refractivity (Wildman–Crippen MR) is 68.2 cm³/mol. The molecule has 1 heterocycles. The van der Waals surface area contributed by atoms with Gasteiger partial charge in [0.2, 0.25) is 0 Å². The van der Waals surface area contributed by atoms with Crippen molar-refractivity contribution in [2.24, 2.45) is 5.73 Å². The number of hydrogen-bond acceptors (Lipinski definition) is 4. The molecule has 0 aliphatic rings. The number of hydrogen-bond donors (Lipinski definition) is 1. The minimum absolute atomic E-state index is 0.395. The predicted octanol–water partition coefficient (Wildman–Crippen LogP) is 2.33. The molecule has 18 heavy (non-hydrogen) atoms. The zero-order valence-electron chi connectivity index (χ0n) is 10.2. The van der Waals surface area contributed by atoms with Gasteiger partial charge >= 0.3 is 0 Å². The molecule has 0 amide bonds. The summed E-state index contributed by atoms with van der Waals surface area (Å²) in [5, 5.41) is 0. The molecule has 96 valence electrons. The lowest BCUT2D eigenvalue weighted by Gasteiger charge is -2.06. The Balaban J connectivity index is 1.65. The van der Waals surface area contributed by atoms with E-state index in [1.807, 2.05) is 36.4 Å². The standard InChI is InChI=1S/C14H17NO3/c15-10-14-12(6-7-18-14)11-16-8-9-17-13-4-2-1-3-5-13/h1-7H,8-11,15H2. The lowest BCUT2D eigenvalue weighted by atomic mass is 10.2. The van der Waals surface area contributed by atoms with Gasteiger partial charge in [-0.1, -0.05) is 18.2 Å². The number of furan rings is 1.